The number of rotatable bonds is 7. The van der Waals surface area contributed by atoms with Crippen molar-refractivity contribution in [2.24, 2.45) is 0 Å². The van der Waals surface area contributed by atoms with Crippen molar-refractivity contribution >= 4 is 11.3 Å². The van der Waals surface area contributed by atoms with Crippen molar-refractivity contribution in [3.8, 4) is 0 Å². The van der Waals surface area contributed by atoms with E-state index in [1.165, 1.54) is 4.88 Å². The van der Waals surface area contributed by atoms with Crippen LogP contribution in [0, 0.1) is 0 Å². The molecule has 1 rings (SSSR count). The summed E-state index contributed by atoms with van der Waals surface area (Å²) in [6.45, 7) is 5.59. The van der Waals surface area contributed by atoms with Gasteiger partial charge in [-0.05, 0) is 13.8 Å². The van der Waals surface area contributed by atoms with Crippen LogP contribution in [-0.2, 0) is 11.3 Å². The lowest BCUT2D eigenvalue weighted by Gasteiger charge is -2.13. The van der Waals surface area contributed by atoms with Gasteiger partial charge in [0.15, 0.2) is 0 Å². The normalized spacial score (nSPS) is 13.3. The highest BCUT2D eigenvalue weighted by atomic mass is 32.1. The largest absolute Gasteiger partial charge is 0.389 e. The predicted octanol–water partition coefficient (Wildman–Crippen LogP) is 1.02. The van der Waals surface area contributed by atoms with Crippen molar-refractivity contribution in [3.05, 3.63) is 16.6 Å². The number of thiazole rings is 1. The molecule has 1 aromatic heterocycles. The van der Waals surface area contributed by atoms with Crippen molar-refractivity contribution in [3.63, 3.8) is 0 Å². The first-order valence-corrected chi connectivity index (χ1v) is 5.94. The number of nitrogens with zero attached hydrogens (tertiary/aromatic N) is 1. The fourth-order valence-corrected chi connectivity index (χ4v) is 1.62. The zero-order valence-electron chi connectivity index (χ0n) is 9.14. The molecule has 0 bridgehead atoms. The summed E-state index contributed by atoms with van der Waals surface area (Å²) in [6, 6.07) is 0. The van der Waals surface area contributed by atoms with Gasteiger partial charge in [0, 0.05) is 24.2 Å². The molecule has 0 radical (unpaired) electrons. The number of hydrogen-bond acceptors (Lipinski definition) is 5. The minimum atomic E-state index is -0.444. The summed E-state index contributed by atoms with van der Waals surface area (Å²) in [7, 11) is 0. The zero-order valence-corrected chi connectivity index (χ0v) is 9.96. The highest BCUT2D eigenvalue weighted by molar-refractivity contribution is 7.09. The molecule has 1 atom stereocenters. The first-order chi connectivity index (χ1) is 7.18. The Bertz CT molecular complexity index is 252. The van der Waals surface area contributed by atoms with Gasteiger partial charge in [-0.15, -0.1) is 11.3 Å². The van der Waals surface area contributed by atoms with Crippen molar-refractivity contribution in [2.45, 2.75) is 32.6 Å². The van der Waals surface area contributed by atoms with Gasteiger partial charge in [0.1, 0.15) is 0 Å². The molecule has 2 N–H and O–H groups in total. The molecule has 5 heteroatoms. The third kappa shape index (κ3) is 5.84. The van der Waals surface area contributed by atoms with E-state index >= 15 is 0 Å². The fraction of sp³-hybridized carbons (Fsp3) is 0.700. The Morgan fingerprint density at radius 3 is 3.00 bits per heavy atom. The first kappa shape index (κ1) is 12.6. The fourth-order valence-electron chi connectivity index (χ4n) is 1.05. The monoisotopic (exact) mass is 230 g/mol. The number of aromatic nitrogens is 1. The number of aliphatic hydroxyl groups excluding tert-OH is 1. The molecule has 0 aromatic carbocycles. The maximum atomic E-state index is 9.53. The molecule has 0 aliphatic heterocycles. The molecule has 1 heterocycles. The maximum Gasteiger partial charge on any atom is 0.0897 e. The van der Waals surface area contributed by atoms with Gasteiger partial charge >= 0.3 is 0 Å². The van der Waals surface area contributed by atoms with E-state index in [9.17, 15) is 5.11 Å². The third-order valence-corrected chi connectivity index (χ3v) is 2.56. The van der Waals surface area contributed by atoms with Gasteiger partial charge in [-0.25, -0.2) is 0 Å². The molecule has 1 aromatic rings. The Morgan fingerprint density at radius 1 is 1.60 bits per heavy atom. The summed E-state index contributed by atoms with van der Waals surface area (Å²) in [5, 5.41) is 12.7. The van der Waals surface area contributed by atoms with Crippen molar-refractivity contribution in [1.82, 2.24) is 10.3 Å². The van der Waals surface area contributed by atoms with Crippen LogP contribution in [0.4, 0.5) is 0 Å². The van der Waals surface area contributed by atoms with E-state index < -0.39 is 6.10 Å². The van der Waals surface area contributed by atoms with Gasteiger partial charge in [0.05, 0.1) is 24.3 Å². The highest BCUT2D eigenvalue weighted by Gasteiger charge is 2.05. The molecule has 0 fully saturated rings. The van der Waals surface area contributed by atoms with Gasteiger partial charge in [-0.1, -0.05) is 0 Å². The molecule has 15 heavy (non-hydrogen) atoms. The molecule has 1 unspecified atom stereocenters. The van der Waals surface area contributed by atoms with Gasteiger partial charge in [0.2, 0.25) is 0 Å². The lowest BCUT2D eigenvalue weighted by molar-refractivity contribution is 0.00632. The Balaban J connectivity index is 2.04. The topological polar surface area (TPSA) is 54.4 Å². The summed E-state index contributed by atoms with van der Waals surface area (Å²) in [6.07, 6.45) is 1.55. The Hall–Kier alpha value is -0.490. The average Bonchev–Trinajstić information content (AvgIpc) is 2.67. The van der Waals surface area contributed by atoms with E-state index in [1.807, 2.05) is 20.0 Å². The predicted molar refractivity (Wildman–Crippen MR) is 60.9 cm³/mol. The summed E-state index contributed by atoms with van der Waals surface area (Å²) < 4.78 is 5.29. The van der Waals surface area contributed by atoms with Gasteiger partial charge in [-0.2, -0.15) is 0 Å². The number of ether oxygens (including phenoxy) is 1. The first-order valence-electron chi connectivity index (χ1n) is 5.06. The van der Waals surface area contributed by atoms with E-state index in [2.05, 4.69) is 10.3 Å². The quantitative estimate of drug-likeness (QED) is 0.734. The molecular formula is C10H18N2O2S. The SMILES string of the molecule is CC(C)OCC(O)CNCc1cncs1. The van der Waals surface area contributed by atoms with Crippen LogP contribution in [0.1, 0.15) is 18.7 Å². The highest BCUT2D eigenvalue weighted by Crippen LogP contribution is 2.03. The minimum Gasteiger partial charge on any atom is -0.389 e. The molecule has 4 nitrogen and oxygen atoms in total. The lowest BCUT2D eigenvalue weighted by Crippen LogP contribution is -2.30. The van der Waals surface area contributed by atoms with Crippen LogP contribution in [0.2, 0.25) is 0 Å². The molecule has 0 saturated carbocycles. The van der Waals surface area contributed by atoms with E-state index in [0.717, 1.165) is 6.54 Å². The standard InChI is InChI=1S/C10H18N2O2S/c1-8(2)14-6-9(13)3-11-4-10-5-12-7-15-10/h5,7-9,11,13H,3-4,6H2,1-2H3. The van der Waals surface area contributed by atoms with Crippen molar-refractivity contribution in [2.75, 3.05) is 13.2 Å². The summed E-state index contributed by atoms with van der Waals surface area (Å²) in [5.41, 5.74) is 1.80. The molecule has 0 aliphatic rings. The number of nitrogens with one attached hydrogen (secondary N) is 1. The van der Waals surface area contributed by atoms with Gasteiger partial charge in [0.25, 0.3) is 0 Å². The lowest BCUT2D eigenvalue weighted by atomic mass is 10.3. The maximum absolute atomic E-state index is 9.53. The van der Waals surface area contributed by atoms with Crippen LogP contribution in [0.3, 0.4) is 0 Å². The van der Waals surface area contributed by atoms with E-state index in [1.54, 1.807) is 16.8 Å². The van der Waals surface area contributed by atoms with Crippen LogP contribution < -0.4 is 5.32 Å². The van der Waals surface area contributed by atoms with E-state index in [-0.39, 0.29) is 6.10 Å². The van der Waals surface area contributed by atoms with Crippen LogP contribution in [0.25, 0.3) is 0 Å². The zero-order chi connectivity index (χ0) is 11.1. The van der Waals surface area contributed by atoms with E-state index in [0.29, 0.717) is 13.2 Å². The summed E-state index contributed by atoms with van der Waals surface area (Å²) in [4.78, 5) is 5.14. The van der Waals surface area contributed by atoms with Crippen molar-refractivity contribution < 1.29 is 9.84 Å². The number of aliphatic hydroxyl groups is 1. The third-order valence-electron chi connectivity index (χ3n) is 1.78. The second kappa shape index (κ2) is 6.90. The van der Waals surface area contributed by atoms with Crippen LogP contribution in [0.5, 0.6) is 0 Å². The Kier molecular flexibility index (Phi) is 5.78. The molecule has 0 aliphatic carbocycles. The van der Waals surface area contributed by atoms with Crippen LogP contribution >= 0.6 is 11.3 Å². The van der Waals surface area contributed by atoms with Crippen LogP contribution in [0.15, 0.2) is 11.7 Å². The summed E-state index contributed by atoms with van der Waals surface area (Å²) >= 11 is 1.61. The van der Waals surface area contributed by atoms with Crippen molar-refractivity contribution in [1.29, 1.82) is 0 Å². The van der Waals surface area contributed by atoms with Crippen LogP contribution in [-0.4, -0.2) is 35.5 Å². The molecular weight excluding hydrogens is 212 g/mol. The van der Waals surface area contributed by atoms with E-state index in [4.69, 9.17) is 4.74 Å². The Morgan fingerprint density at radius 2 is 2.40 bits per heavy atom. The number of hydrogen-bond donors (Lipinski definition) is 2. The smallest absolute Gasteiger partial charge is 0.0897 e. The second-order valence-electron chi connectivity index (χ2n) is 3.63. The second-order valence-corrected chi connectivity index (χ2v) is 4.61. The summed E-state index contributed by atoms with van der Waals surface area (Å²) in [5.74, 6) is 0. The Labute approximate surface area is 94.3 Å². The average molecular weight is 230 g/mol. The molecule has 0 spiro atoms. The molecule has 0 amide bonds. The van der Waals surface area contributed by atoms with Gasteiger partial charge < -0.3 is 15.2 Å². The molecule has 0 saturated heterocycles. The minimum absolute atomic E-state index is 0.168. The molecule has 86 valence electrons. The van der Waals surface area contributed by atoms with Gasteiger partial charge in [-0.3, -0.25) is 4.98 Å².